The zero-order valence-electron chi connectivity index (χ0n) is 13.2. The van der Waals surface area contributed by atoms with Gasteiger partial charge in [0.15, 0.2) is 5.82 Å². The van der Waals surface area contributed by atoms with Gasteiger partial charge in [-0.3, -0.25) is 0 Å². The van der Waals surface area contributed by atoms with Gasteiger partial charge in [0.05, 0.1) is 13.1 Å². The maximum Gasteiger partial charge on any atom is 0.151 e. The van der Waals surface area contributed by atoms with Gasteiger partial charge in [-0.05, 0) is 24.3 Å². The molecular formula is C18H19FN4O. The minimum atomic E-state index is -0.829. The van der Waals surface area contributed by atoms with Crippen molar-refractivity contribution in [2.75, 3.05) is 18.0 Å². The van der Waals surface area contributed by atoms with Crippen LogP contribution < -0.4 is 10.2 Å². The molecule has 0 spiro atoms. The third-order valence-electron chi connectivity index (χ3n) is 4.37. The number of anilines is 1. The molecule has 1 fully saturated rings. The molecule has 1 aliphatic heterocycles. The standard InChI is InChI=1S/C18H19FN4O/c19-14-9-15(23(12-14)18-6-3-7-21-22-18)10-20-11-16-8-13-4-1-2-5-17(13)24-16/h1-8,14-15,20H,9-12H2/t14-,15-/m0/s1. The number of furan rings is 1. The highest BCUT2D eigenvalue weighted by atomic mass is 19.1. The largest absolute Gasteiger partial charge is 0.460 e. The minimum absolute atomic E-state index is 0.0704. The van der Waals surface area contributed by atoms with Crippen molar-refractivity contribution in [2.45, 2.75) is 25.2 Å². The van der Waals surface area contributed by atoms with E-state index in [-0.39, 0.29) is 6.04 Å². The topological polar surface area (TPSA) is 54.2 Å². The maximum absolute atomic E-state index is 13.9. The summed E-state index contributed by atoms with van der Waals surface area (Å²) in [6, 6.07) is 13.7. The molecule has 0 saturated carbocycles. The molecule has 6 heteroatoms. The zero-order chi connectivity index (χ0) is 16.4. The molecule has 1 saturated heterocycles. The minimum Gasteiger partial charge on any atom is -0.460 e. The van der Waals surface area contributed by atoms with Crippen LogP contribution in [0.2, 0.25) is 0 Å². The van der Waals surface area contributed by atoms with Crippen LogP contribution in [-0.4, -0.2) is 35.5 Å². The van der Waals surface area contributed by atoms with Crippen LogP contribution in [0.25, 0.3) is 11.0 Å². The zero-order valence-corrected chi connectivity index (χ0v) is 13.2. The third kappa shape index (κ3) is 3.10. The molecule has 0 amide bonds. The molecule has 0 bridgehead atoms. The van der Waals surface area contributed by atoms with Gasteiger partial charge in [0, 0.05) is 30.6 Å². The molecule has 2 atom stereocenters. The van der Waals surface area contributed by atoms with Gasteiger partial charge >= 0.3 is 0 Å². The van der Waals surface area contributed by atoms with Gasteiger partial charge < -0.3 is 14.6 Å². The van der Waals surface area contributed by atoms with Crippen LogP contribution in [0.3, 0.4) is 0 Å². The fraction of sp³-hybridized carbons (Fsp3) is 0.333. The van der Waals surface area contributed by atoms with E-state index in [0.717, 1.165) is 22.5 Å². The summed E-state index contributed by atoms with van der Waals surface area (Å²) in [6.45, 7) is 1.67. The molecule has 0 radical (unpaired) electrons. The summed E-state index contributed by atoms with van der Waals surface area (Å²) in [5.41, 5.74) is 0.889. The van der Waals surface area contributed by atoms with E-state index in [4.69, 9.17) is 4.42 Å². The van der Waals surface area contributed by atoms with Crippen molar-refractivity contribution < 1.29 is 8.81 Å². The molecule has 3 aromatic rings. The molecule has 5 nitrogen and oxygen atoms in total. The van der Waals surface area contributed by atoms with E-state index < -0.39 is 6.17 Å². The lowest BCUT2D eigenvalue weighted by Gasteiger charge is -2.24. The molecule has 2 aromatic heterocycles. The number of hydrogen-bond donors (Lipinski definition) is 1. The number of alkyl halides is 1. The van der Waals surface area contributed by atoms with Gasteiger partial charge in [-0.2, -0.15) is 5.10 Å². The van der Waals surface area contributed by atoms with E-state index in [1.807, 2.05) is 47.4 Å². The molecule has 3 heterocycles. The first kappa shape index (κ1) is 15.1. The SMILES string of the molecule is F[C@H]1C[C@@H](CNCc2cc3ccccc3o2)N(c2cccnn2)C1. The normalized spacial score (nSPS) is 20.8. The Bertz CT molecular complexity index is 774. The first-order valence-electron chi connectivity index (χ1n) is 8.16. The van der Waals surface area contributed by atoms with Crippen molar-refractivity contribution >= 4 is 16.8 Å². The molecule has 0 unspecified atom stereocenters. The smallest absolute Gasteiger partial charge is 0.151 e. The monoisotopic (exact) mass is 326 g/mol. The van der Waals surface area contributed by atoms with Crippen molar-refractivity contribution in [1.29, 1.82) is 0 Å². The van der Waals surface area contributed by atoms with Crippen molar-refractivity contribution in [3.8, 4) is 0 Å². The number of para-hydroxylation sites is 1. The average Bonchev–Trinajstić information content (AvgIpc) is 3.18. The number of nitrogens with zero attached hydrogens (tertiary/aromatic N) is 3. The molecule has 0 aliphatic carbocycles. The van der Waals surface area contributed by atoms with Gasteiger partial charge in [0.25, 0.3) is 0 Å². The second-order valence-electron chi connectivity index (χ2n) is 6.10. The highest BCUT2D eigenvalue weighted by Gasteiger charge is 2.32. The average molecular weight is 326 g/mol. The molecule has 1 aromatic carbocycles. The quantitative estimate of drug-likeness (QED) is 0.781. The van der Waals surface area contributed by atoms with Gasteiger partial charge in [-0.25, -0.2) is 4.39 Å². The molecular weight excluding hydrogens is 307 g/mol. The molecule has 1 N–H and O–H groups in total. The van der Waals surface area contributed by atoms with Crippen molar-refractivity contribution in [3.63, 3.8) is 0 Å². The van der Waals surface area contributed by atoms with E-state index in [1.54, 1.807) is 6.20 Å². The number of hydrogen-bond acceptors (Lipinski definition) is 5. The van der Waals surface area contributed by atoms with E-state index in [9.17, 15) is 4.39 Å². The van der Waals surface area contributed by atoms with E-state index in [0.29, 0.717) is 26.1 Å². The Hall–Kier alpha value is -2.47. The summed E-state index contributed by atoms with van der Waals surface area (Å²) in [4.78, 5) is 1.99. The number of aromatic nitrogens is 2. The van der Waals surface area contributed by atoms with Crippen molar-refractivity contribution in [3.05, 3.63) is 54.4 Å². The first-order chi connectivity index (χ1) is 11.8. The summed E-state index contributed by atoms with van der Waals surface area (Å²) in [5.74, 6) is 1.62. The van der Waals surface area contributed by atoms with Crippen molar-refractivity contribution in [1.82, 2.24) is 15.5 Å². The highest BCUT2D eigenvalue weighted by molar-refractivity contribution is 5.77. The number of benzene rings is 1. The number of fused-ring (bicyclic) bond motifs is 1. The predicted molar refractivity (Wildman–Crippen MR) is 90.6 cm³/mol. The fourth-order valence-electron chi connectivity index (χ4n) is 3.27. The Labute approximate surface area is 139 Å². The Kier molecular flexibility index (Phi) is 4.13. The Morgan fingerprint density at radius 1 is 1.25 bits per heavy atom. The first-order valence-corrected chi connectivity index (χ1v) is 8.16. The van der Waals surface area contributed by atoms with Gasteiger partial charge in [0.1, 0.15) is 17.5 Å². The lowest BCUT2D eigenvalue weighted by atomic mass is 10.2. The summed E-state index contributed by atoms with van der Waals surface area (Å²) in [5, 5.41) is 12.5. The number of rotatable bonds is 5. The number of nitrogens with one attached hydrogen (secondary N) is 1. The summed E-state index contributed by atoms with van der Waals surface area (Å²) >= 11 is 0. The molecule has 1 aliphatic rings. The molecule has 24 heavy (non-hydrogen) atoms. The lowest BCUT2D eigenvalue weighted by Crippen LogP contribution is -2.38. The maximum atomic E-state index is 13.9. The predicted octanol–water partition coefficient (Wildman–Crippen LogP) is 2.93. The van der Waals surface area contributed by atoms with E-state index >= 15 is 0 Å². The van der Waals surface area contributed by atoms with Crippen LogP contribution in [0.4, 0.5) is 10.2 Å². The van der Waals surface area contributed by atoms with Gasteiger partial charge in [0.2, 0.25) is 0 Å². The van der Waals surface area contributed by atoms with E-state index in [2.05, 4.69) is 15.5 Å². The van der Waals surface area contributed by atoms with Crippen LogP contribution in [0.5, 0.6) is 0 Å². The fourth-order valence-corrected chi connectivity index (χ4v) is 3.27. The van der Waals surface area contributed by atoms with Gasteiger partial charge in [-0.1, -0.05) is 18.2 Å². The van der Waals surface area contributed by atoms with Crippen LogP contribution in [-0.2, 0) is 6.54 Å². The van der Waals surface area contributed by atoms with Crippen LogP contribution in [0.15, 0.2) is 53.1 Å². The summed E-state index contributed by atoms with van der Waals surface area (Å²) in [7, 11) is 0. The van der Waals surface area contributed by atoms with E-state index in [1.165, 1.54) is 0 Å². The summed E-state index contributed by atoms with van der Waals surface area (Å²) < 4.78 is 19.7. The van der Waals surface area contributed by atoms with Crippen LogP contribution >= 0.6 is 0 Å². The second kappa shape index (κ2) is 6.57. The Morgan fingerprint density at radius 2 is 2.17 bits per heavy atom. The highest BCUT2D eigenvalue weighted by Crippen LogP contribution is 2.25. The Morgan fingerprint density at radius 3 is 3.00 bits per heavy atom. The lowest BCUT2D eigenvalue weighted by molar-refractivity contribution is 0.353. The third-order valence-corrected chi connectivity index (χ3v) is 4.37. The van der Waals surface area contributed by atoms with Crippen LogP contribution in [0.1, 0.15) is 12.2 Å². The Balaban J connectivity index is 1.39. The summed E-state index contributed by atoms with van der Waals surface area (Å²) in [6.07, 6.45) is 1.30. The van der Waals surface area contributed by atoms with Crippen LogP contribution in [0, 0.1) is 0 Å². The second-order valence-corrected chi connectivity index (χ2v) is 6.10. The molecule has 124 valence electrons. The number of halogens is 1. The molecule has 4 rings (SSSR count). The van der Waals surface area contributed by atoms with Crippen molar-refractivity contribution in [2.24, 2.45) is 0 Å². The van der Waals surface area contributed by atoms with Gasteiger partial charge in [-0.15, -0.1) is 5.10 Å².